The Bertz CT molecular complexity index is 317. The van der Waals surface area contributed by atoms with Crippen LogP contribution in [0.1, 0.15) is 30.8 Å². The topological polar surface area (TPSA) is 59.1 Å². The summed E-state index contributed by atoms with van der Waals surface area (Å²) in [7, 11) is 0. The largest absolute Gasteiger partial charge is 0.385 e. The van der Waals surface area contributed by atoms with E-state index in [1.807, 2.05) is 6.92 Å². The predicted molar refractivity (Wildman–Crippen MR) is 52.2 cm³/mol. The zero-order valence-electron chi connectivity index (χ0n) is 8.37. The van der Waals surface area contributed by atoms with Crippen LogP contribution < -0.4 is 5.73 Å². The van der Waals surface area contributed by atoms with Crippen molar-refractivity contribution in [3.8, 4) is 0 Å². The van der Waals surface area contributed by atoms with Crippen LogP contribution in [0.4, 0.5) is 4.39 Å². The molecule has 0 saturated carbocycles. The zero-order chi connectivity index (χ0) is 10.7. The van der Waals surface area contributed by atoms with Crippen LogP contribution in [0.2, 0.25) is 0 Å². The van der Waals surface area contributed by atoms with Crippen molar-refractivity contribution in [2.75, 3.05) is 0 Å². The molecule has 0 aliphatic rings. The molecule has 3 nitrogen and oxygen atoms in total. The Hall–Kier alpha value is -1.00. The summed E-state index contributed by atoms with van der Waals surface area (Å²) in [6, 6.07) is 2.40. The van der Waals surface area contributed by atoms with E-state index in [0.717, 1.165) is 0 Å². The Kier molecular flexibility index (Phi) is 3.55. The van der Waals surface area contributed by atoms with Gasteiger partial charge in [-0.15, -0.1) is 0 Å². The van der Waals surface area contributed by atoms with Gasteiger partial charge in [0.05, 0.1) is 11.4 Å². The van der Waals surface area contributed by atoms with E-state index in [1.165, 1.54) is 12.1 Å². The first-order valence-corrected chi connectivity index (χ1v) is 4.63. The number of hydrogen-bond acceptors (Lipinski definition) is 3. The van der Waals surface area contributed by atoms with Crippen LogP contribution in [0.3, 0.4) is 0 Å². The molecule has 0 aliphatic carbocycles. The predicted octanol–water partition coefficient (Wildman–Crippen LogP) is 1.30. The van der Waals surface area contributed by atoms with Gasteiger partial charge in [0.25, 0.3) is 0 Å². The van der Waals surface area contributed by atoms with Crippen LogP contribution in [0.25, 0.3) is 0 Å². The molecule has 1 aromatic rings. The summed E-state index contributed by atoms with van der Waals surface area (Å²) >= 11 is 0. The molecule has 0 saturated heterocycles. The van der Waals surface area contributed by atoms with Crippen LogP contribution in [-0.4, -0.2) is 16.1 Å². The quantitative estimate of drug-likeness (QED) is 0.769. The normalized spacial score (nSPS) is 15.2. The first-order valence-electron chi connectivity index (χ1n) is 4.63. The maximum Gasteiger partial charge on any atom is 0.144 e. The van der Waals surface area contributed by atoms with Crippen molar-refractivity contribution in [1.82, 2.24) is 4.98 Å². The van der Waals surface area contributed by atoms with Gasteiger partial charge in [-0.25, -0.2) is 4.39 Å². The summed E-state index contributed by atoms with van der Waals surface area (Å²) in [6.45, 7) is 3.44. The molecule has 0 aliphatic heterocycles. The fraction of sp³-hybridized carbons (Fsp3) is 0.500. The van der Waals surface area contributed by atoms with Crippen molar-refractivity contribution in [2.45, 2.75) is 32.4 Å². The summed E-state index contributed by atoms with van der Waals surface area (Å²) in [5.74, 6) is -0.369. The SMILES string of the molecule is CC[C@@H](N)[C@H](O)c1ccc(F)c(C)n1. The van der Waals surface area contributed by atoms with Gasteiger partial charge in [-0.1, -0.05) is 6.92 Å². The highest BCUT2D eigenvalue weighted by Crippen LogP contribution is 2.16. The molecule has 0 fully saturated rings. The first kappa shape index (κ1) is 11.1. The molecule has 0 unspecified atom stereocenters. The Labute approximate surface area is 82.8 Å². The minimum Gasteiger partial charge on any atom is -0.385 e. The second-order valence-electron chi connectivity index (χ2n) is 3.32. The van der Waals surface area contributed by atoms with Crippen molar-refractivity contribution in [2.24, 2.45) is 5.73 Å². The lowest BCUT2D eigenvalue weighted by Gasteiger charge is -2.16. The van der Waals surface area contributed by atoms with Gasteiger partial charge in [0.1, 0.15) is 11.9 Å². The molecule has 1 heterocycles. The number of aryl methyl sites for hydroxylation is 1. The number of hydrogen-bond donors (Lipinski definition) is 2. The average molecular weight is 198 g/mol. The molecule has 14 heavy (non-hydrogen) atoms. The van der Waals surface area contributed by atoms with Crippen LogP contribution in [0.5, 0.6) is 0 Å². The highest BCUT2D eigenvalue weighted by Gasteiger charge is 2.17. The van der Waals surface area contributed by atoms with E-state index < -0.39 is 6.10 Å². The van der Waals surface area contributed by atoms with E-state index in [-0.39, 0.29) is 17.6 Å². The lowest BCUT2D eigenvalue weighted by Crippen LogP contribution is -2.28. The van der Waals surface area contributed by atoms with Gasteiger partial charge in [-0.05, 0) is 25.5 Å². The molecule has 0 radical (unpaired) electrons. The minimum atomic E-state index is -0.820. The van der Waals surface area contributed by atoms with Crippen molar-refractivity contribution in [3.63, 3.8) is 0 Å². The highest BCUT2D eigenvalue weighted by molar-refractivity contribution is 5.15. The van der Waals surface area contributed by atoms with Gasteiger partial charge < -0.3 is 10.8 Å². The number of aromatic nitrogens is 1. The summed E-state index contributed by atoms with van der Waals surface area (Å²) in [6.07, 6.45) is -0.168. The lowest BCUT2D eigenvalue weighted by molar-refractivity contribution is 0.139. The van der Waals surface area contributed by atoms with E-state index in [9.17, 15) is 9.50 Å². The molecule has 0 aromatic carbocycles. The monoisotopic (exact) mass is 198 g/mol. The van der Waals surface area contributed by atoms with E-state index in [1.54, 1.807) is 6.92 Å². The molecule has 1 rings (SSSR count). The van der Waals surface area contributed by atoms with Gasteiger partial charge in [0, 0.05) is 6.04 Å². The fourth-order valence-corrected chi connectivity index (χ4v) is 1.17. The van der Waals surface area contributed by atoms with Crippen LogP contribution in [0.15, 0.2) is 12.1 Å². The maximum atomic E-state index is 12.9. The number of pyridine rings is 1. The first-order chi connectivity index (χ1) is 6.56. The van der Waals surface area contributed by atoms with Crippen molar-refractivity contribution >= 4 is 0 Å². The molecule has 2 atom stereocenters. The Morgan fingerprint density at radius 3 is 2.71 bits per heavy atom. The number of aliphatic hydroxyl groups is 1. The molecule has 3 N–H and O–H groups in total. The van der Waals surface area contributed by atoms with Gasteiger partial charge >= 0.3 is 0 Å². The lowest BCUT2D eigenvalue weighted by atomic mass is 10.1. The van der Waals surface area contributed by atoms with E-state index >= 15 is 0 Å². The smallest absolute Gasteiger partial charge is 0.144 e. The molecule has 1 aromatic heterocycles. The number of nitrogens with zero attached hydrogens (tertiary/aromatic N) is 1. The molecule has 0 spiro atoms. The summed E-state index contributed by atoms with van der Waals surface area (Å²) in [5.41, 5.74) is 6.36. The molecule has 78 valence electrons. The van der Waals surface area contributed by atoms with Crippen LogP contribution >= 0.6 is 0 Å². The highest BCUT2D eigenvalue weighted by atomic mass is 19.1. The third kappa shape index (κ3) is 2.27. The third-order valence-corrected chi connectivity index (χ3v) is 2.22. The van der Waals surface area contributed by atoms with Gasteiger partial charge in [-0.2, -0.15) is 0 Å². The maximum absolute atomic E-state index is 12.9. The number of aliphatic hydroxyl groups excluding tert-OH is 1. The second kappa shape index (κ2) is 4.48. The van der Waals surface area contributed by atoms with Crippen molar-refractivity contribution < 1.29 is 9.50 Å². The van der Waals surface area contributed by atoms with Gasteiger partial charge in [-0.3, -0.25) is 4.98 Å². The molecule has 0 amide bonds. The van der Waals surface area contributed by atoms with E-state index in [2.05, 4.69) is 4.98 Å². The van der Waals surface area contributed by atoms with Gasteiger partial charge in [0.15, 0.2) is 0 Å². The summed E-state index contributed by atoms with van der Waals surface area (Å²) in [5, 5.41) is 9.69. The molecular weight excluding hydrogens is 183 g/mol. The molecule has 0 bridgehead atoms. The minimum absolute atomic E-state index is 0.282. The Morgan fingerprint density at radius 2 is 2.21 bits per heavy atom. The zero-order valence-corrected chi connectivity index (χ0v) is 8.37. The molecule has 4 heteroatoms. The van der Waals surface area contributed by atoms with Crippen molar-refractivity contribution in [3.05, 3.63) is 29.3 Å². The Balaban J connectivity index is 2.91. The Morgan fingerprint density at radius 1 is 1.57 bits per heavy atom. The van der Waals surface area contributed by atoms with E-state index in [0.29, 0.717) is 12.1 Å². The average Bonchev–Trinajstić information content (AvgIpc) is 2.20. The fourth-order valence-electron chi connectivity index (χ4n) is 1.17. The van der Waals surface area contributed by atoms with Crippen LogP contribution in [0, 0.1) is 12.7 Å². The van der Waals surface area contributed by atoms with Crippen molar-refractivity contribution in [1.29, 1.82) is 0 Å². The summed E-state index contributed by atoms with van der Waals surface area (Å²) < 4.78 is 12.9. The second-order valence-corrected chi connectivity index (χ2v) is 3.32. The summed E-state index contributed by atoms with van der Waals surface area (Å²) in [4.78, 5) is 3.94. The standard InChI is InChI=1S/C10H15FN2O/c1-3-8(12)10(14)9-5-4-7(11)6(2)13-9/h4-5,8,10,14H,3,12H2,1-2H3/t8-,10+/m1/s1. The van der Waals surface area contributed by atoms with Gasteiger partial charge in [0.2, 0.25) is 0 Å². The number of halogens is 1. The number of rotatable bonds is 3. The third-order valence-electron chi connectivity index (χ3n) is 2.22. The molecular formula is C10H15FN2O. The number of nitrogens with two attached hydrogens (primary N) is 1. The van der Waals surface area contributed by atoms with E-state index in [4.69, 9.17) is 5.73 Å². The van der Waals surface area contributed by atoms with Crippen LogP contribution in [-0.2, 0) is 0 Å².